The van der Waals surface area contributed by atoms with Crippen molar-refractivity contribution in [2.75, 3.05) is 13.1 Å². The Morgan fingerprint density at radius 2 is 1.95 bits per heavy atom. The maximum atomic E-state index is 12.3. The Morgan fingerprint density at radius 1 is 1.37 bits per heavy atom. The molecule has 1 rings (SSSR count). The topological polar surface area (TPSA) is 122 Å². The van der Waals surface area contributed by atoms with E-state index in [-0.39, 0.29) is 23.6 Å². The first-order valence-corrected chi connectivity index (χ1v) is 6.56. The van der Waals surface area contributed by atoms with Crippen LogP contribution in [0, 0.1) is 11.8 Å². The van der Waals surface area contributed by atoms with Crippen molar-refractivity contribution in [2.24, 2.45) is 28.5 Å². The van der Waals surface area contributed by atoms with E-state index in [1.54, 1.807) is 4.90 Å². The molecule has 1 saturated heterocycles. The van der Waals surface area contributed by atoms with Crippen molar-refractivity contribution in [1.29, 1.82) is 0 Å². The summed E-state index contributed by atoms with van der Waals surface area (Å²) in [4.78, 5) is 25.0. The minimum Gasteiger partial charge on any atom is -0.409 e. The molecule has 1 unspecified atom stereocenters. The lowest BCUT2D eigenvalue weighted by Crippen LogP contribution is -2.47. The summed E-state index contributed by atoms with van der Waals surface area (Å²) < 4.78 is 0. The molecule has 0 aliphatic carbocycles. The standard InChI is InChI=1S/C12H22N4O3/c1-2-3-9(10(13)15-19)12(18)16-6-4-8(5-7-16)11(14)17/h8-9,19H,2-7H2,1H3,(H2,13,15)(H2,14,17). The van der Waals surface area contributed by atoms with Crippen LogP contribution in [0.25, 0.3) is 0 Å². The summed E-state index contributed by atoms with van der Waals surface area (Å²) in [5, 5.41) is 11.7. The van der Waals surface area contributed by atoms with Crippen LogP contribution in [0.3, 0.4) is 0 Å². The Hall–Kier alpha value is -1.79. The summed E-state index contributed by atoms with van der Waals surface area (Å²) in [6.07, 6.45) is 2.47. The molecule has 108 valence electrons. The third-order valence-corrected chi connectivity index (χ3v) is 3.56. The van der Waals surface area contributed by atoms with Crippen LogP contribution in [0.4, 0.5) is 0 Å². The highest BCUT2D eigenvalue weighted by Gasteiger charge is 2.31. The van der Waals surface area contributed by atoms with E-state index >= 15 is 0 Å². The molecule has 0 aromatic carbocycles. The van der Waals surface area contributed by atoms with Gasteiger partial charge in [-0.25, -0.2) is 0 Å². The maximum absolute atomic E-state index is 12.3. The van der Waals surface area contributed by atoms with E-state index in [2.05, 4.69) is 5.16 Å². The Labute approximate surface area is 112 Å². The first kappa shape index (κ1) is 15.3. The fourth-order valence-corrected chi connectivity index (χ4v) is 2.36. The van der Waals surface area contributed by atoms with E-state index in [1.165, 1.54) is 0 Å². The molecule has 0 radical (unpaired) electrons. The van der Waals surface area contributed by atoms with Gasteiger partial charge in [0.1, 0.15) is 0 Å². The number of amidine groups is 1. The van der Waals surface area contributed by atoms with Crippen LogP contribution >= 0.6 is 0 Å². The monoisotopic (exact) mass is 270 g/mol. The number of primary amides is 1. The minimum absolute atomic E-state index is 0.0520. The average Bonchev–Trinajstić information content (AvgIpc) is 2.43. The number of piperidine rings is 1. The van der Waals surface area contributed by atoms with Gasteiger partial charge in [0.2, 0.25) is 11.8 Å². The number of hydrogen-bond donors (Lipinski definition) is 3. The van der Waals surface area contributed by atoms with Gasteiger partial charge in [-0.2, -0.15) is 0 Å². The molecular formula is C12H22N4O3. The fraction of sp³-hybridized carbons (Fsp3) is 0.750. The van der Waals surface area contributed by atoms with Crippen LogP contribution in [-0.2, 0) is 9.59 Å². The Kier molecular flexibility index (Phi) is 5.59. The van der Waals surface area contributed by atoms with Crippen LogP contribution in [-0.4, -0.2) is 40.8 Å². The summed E-state index contributed by atoms with van der Waals surface area (Å²) >= 11 is 0. The molecule has 1 aliphatic rings. The Balaban J connectivity index is 2.64. The van der Waals surface area contributed by atoms with E-state index < -0.39 is 5.92 Å². The molecule has 1 heterocycles. The quantitative estimate of drug-likeness (QED) is 0.279. The molecule has 7 nitrogen and oxygen atoms in total. The average molecular weight is 270 g/mol. The minimum atomic E-state index is -0.583. The normalized spacial score (nSPS) is 19.2. The molecule has 0 saturated carbocycles. The molecule has 0 aromatic rings. The van der Waals surface area contributed by atoms with Crippen LogP contribution in [0.5, 0.6) is 0 Å². The predicted octanol–water partition coefficient (Wildman–Crippen LogP) is -0.127. The summed E-state index contributed by atoms with van der Waals surface area (Å²) in [6.45, 7) is 2.92. The number of amides is 2. The number of likely N-dealkylation sites (tertiary alicyclic amines) is 1. The summed E-state index contributed by atoms with van der Waals surface area (Å²) in [5.74, 6) is -1.24. The third-order valence-electron chi connectivity index (χ3n) is 3.56. The molecule has 1 atom stereocenters. The van der Waals surface area contributed by atoms with Crippen molar-refractivity contribution in [3.05, 3.63) is 0 Å². The Morgan fingerprint density at radius 3 is 2.37 bits per heavy atom. The van der Waals surface area contributed by atoms with Gasteiger partial charge in [0.15, 0.2) is 5.84 Å². The van der Waals surface area contributed by atoms with Gasteiger partial charge < -0.3 is 21.6 Å². The lowest BCUT2D eigenvalue weighted by atomic mass is 9.94. The smallest absolute Gasteiger partial charge is 0.233 e. The number of nitrogens with zero attached hydrogens (tertiary/aromatic N) is 2. The summed E-state index contributed by atoms with van der Waals surface area (Å²) in [5.41, 5.74) is 10.8. The third kappa shape index (κ3) is 3.84. The lowest BCUT2D eigenvalue weighted by molar-refractivity contribution is -0.137. The van der Waals surface area contributed by atoms with Gasteiger partial charge in [0.05, 0.1) is 5.92 Å². The number of nitrogens with two attached hydrogens (primary N) is 2. The highest BCUT2D eigenvalue weighted by atomic mass is 16.4. The largest absolute Gasteiger partial charge is 0.409 e. The van der Waals surface area contributed by atoms with Gasteiger partial charge in [-0.1, -0.05) is 18.5 Å². The zero-order valence-electron chi connectivity index (χ0n) is 11.2. The number of carbonyl (C=O) groups is 2. The van der Waals surface area contributed by atoms with Gasteiger partial charge >= 0.3 is 0 Å². The number of oxime groups is 1. The highest BCUT2D eigenvalue weighted by Crippen LogP contribution is 2.20. The van der Waals surface area contributed by atoms with Gasteiger partial charge in [-0.05, 0) is 19.3 Å². The molecule has 19 heavy (non-hydrogen) atoms. The van der Waals surface area contributed by atoms with E-state index in [1.807, 2.05) is 6.92 Å². The van der Waals surface area contributed by atoms with Crippen LogP contribution in [0.1, 0.15) is 32.6 Å². The lowest BCUT2D eigenvalue weighted by Gasteiger charge is -2.32. The predicted molar refractivity (Wildman–Crippen MR) is 70.3 cm³/mol. The summed E-state index contributed by atoms with van der Waals surface area (Å²) in [7, 11) is 0. The SMILES string of the molecule is CCCC(C(=O)N1CCC(C(N)=O)CC1)C(N)=NO. The molecule has 7 heteroatoms. The molecule has 2 amide bonds. The van der Waals surface area contributed by atoms with E-state index in [4.69, 9.17) is 16.7 Å². The van der Waals surface area contributed by atoms with Crippen molar-refractivity contribution in [3.8, 4) is 0 Å². The molecular weight excluding hydrogens is 248 g/mol. The van der Waals surface area contributed by atoms with Gasteiger partial charge in [-0.15, -0.1) is 0 Å². The molecule has 5 N–H and O–H groups in total. The second-order valence-corrected chi connectivity index (χ2v) is 4.87. The fourth-order valence-electron chi connectivity index (χ4n) is 2.36. The number of carbonyl (C=O) groups excluding carboxylic acids is 2. The van der Waals surface area contributed by atoms with Crippen molar-refractivity contribution >= 4 is 17.6 Å². The van der Waals surface area contributed by atoms with E-state index in [0.717, 1.165) is 6.42 Å². The van der Waals surface area contributed by atoms with E-state index in [9.17, 15) is 9.59 Å². The van der Waals surface area contributed by atoms with Crippen molar-refractivity contribution in [1.82, 2.24) is 4.90 Å². The first-order chi connectivity index (χ1) is 9.01. The van der Waals surface area contributed by atoms with Crippen molar-refractivity contribution < 1.29 is 14.8 Å². The second-order valence-electron chi connectivity index (χ2n) is 4.87. The number of rotatable bonds is 5. The van der Waals surface area contributed by atoms with E-state index in [0.29, 0.717) is 32.4 Å². The summed E-state index contributed by atoms with van der Waals surface area (Å²) in [6, 6.07) is 0. The number of hydrogen-bond acceptors (Lipinski definition) is 4. The van der Waals surface area contributed by atoms with Gasteiger partial charge in [-0.3, -0.25) is 9.59 Å². The molecule has 0 aromatic heterocycles. The zero-order chi connectivity index (χ0) is 14.4. The van der Waals surface area contributed by atoms with Crippen LogP contribution in [0.2, 0.25) is 0 Å². The highest BCUT2D eigenvalue weighted by molar-refractivity contribution is 6.02. The molecule has 0 bridgehead atoms. The van der Waals surface area contributed by atoms with Crippen molar-refractivity contribution in [3.63, 3.8) is 0 Å². The first-order valence-electron chi connectivity index (χ1n) is 6.56. The molecule has 0 spiro atoms. The maximum Gasteiger partial charge on any atom is 0.233 e. The van der Waals surface area contributed by atoms with Crippen LogP contribution in [0.15, 0.2) is 5.16 Å². The van der Waals surface area contributed by atoms with Gasteiger partial charge in [0.25, 0.3) is 0 Å². The Bertz CT molecular complexity index is 362. The van der Waals surface area contributed by atoms with Crippen molar-refractivity contribution in [2.45, 2.75) is 32.6 Å². The molecule has 1 fully saturated rings. The molecule has 1 aliphatic heterocycles. The van der Waals surface area contributed by atoms with Gasteiger partial charge in [0, 0.05) is 19.0 Å². The second kappa shape index (κ2) is 6.96. The zero-order valence-corrected chi connectivity index (χ0v) is 11.2. The van der Waals surface area contributed by atoms with Crippen LogP contribution < -0.4 is 11.5 Å².